The van der Waals surface area contributed by atoms with Crippen LogP contribution in [0.15, 0.2) is 5.51 Å². The minimum Gasteiger partial charge on any atom is -0.391 e. The number of aliphatic hydroxyl groups is 1. The van der Waals surface area contributed by atoms with E-state index in [9.17, 15) is 9.90 Å². The van der Waals surface area contributed by atoms with E-state index < -0.39 is 6.10 Å². The summed E-state index contributed by atoms with van der Waals surface area (Å²) in [7, 11) is 0. The molecule has 1 rings (SSSR count). The lowest BCUT2D eigenvalue weighted by atomic mass is 10.0. The Morgan fingerprint density at radius 2 is 2.28 bits per heavy atom. The van der Waals surface area contributed by atoms with E-state index in [0.717, 1.165) is 17.0 Å². The van der Waals surface area contributed by atoms with Crippen molar-refractivity contribution < 1.29 is 9.90 Å². The van der Waals surface area contributed by atoms with E-state index >= 15 is 0 Å². The Labute approximate surface area is 112 Å². The van der Waals surface area contributed by atoms with Crippen molar-refractivity contribution in [2.75, 3.05) is 6.54 Å². The van der Waals surface area contributed by atoms with E-state index in [2.05, 4.69) is 15.6 Å². The van der Waals surface area contributed by atoms with Gasteiger partial charge in [-0.1, -0.05) is 20.3 Å². The summed E-state index contributed by atoms with van der Waals surface area (Å²) in [6.45, 7) is 6.65. The summed E-state index contributed by atoms with van der Waals surface area (Å²) in [5.41, 5.74) is 2.71. The van der Waals surface area contributed by atoms with Crippen LogP contribution in [0, 0.1) is 12.8 Å². The number of urea groups is 1. The molecule has 3 N–H and O–H groups in total. The number of nitrogens with one attached hydrogen (secondary N) is 2. The number of carbonyl (C=O) groups is 1. The Kier molecular flexibility index (Phi) is 6.07. The minimum absolute atomic E-state index is 0.189. The molecule has 2 atom stereocenters. The lowest BCUT2D eigenvalue weighted by Gasteiger charge is -2.17. The zero-order chi connectivity index (χ0) is 13.5. The highest BCUT2D eigenvalue weighted by Crippen LogP contribution is 2.11. The molecule has 6 heteroatoms. The zero-order valence-electron chi connectivity index (χ0n) is 11.1. The smallest absolute Gasteiger partial charge is 0.315 e. The first kappa shape index (κ1) is 14.9. The Bertz CT molecular complexity index is 381. The molecule has 102 valence electrons. The van der Waals surface area contributed by atoms with Gasteiger partial charge in [-0.25, -0.2) is 9.78 Å². The molecule has 0 aliphatic rings. The van der Waals surface area contributed by atoms with Gasteiger partial charge in [-0.2, -0.15) is 0 Å². The van der Waals surface area contributed by atoms with Gasteiger partial charge in [-0.15, -0.1) is 11.3 Å². The van der Waals surface area contributed by atoms with E-state index in [0.29, 0.717) is 6.54 Å². The first-order chi connectivity index (χ1) is 8.54. The molecule has 0 aliphatic carbocycles. The van der Waals surface area contributed by atoms with Crippen LogP contribution < -0.4 is 10.6 Å². The predicted octanol–water partition coefficient (Wildman–Crippen LogP) is 1.66. The summed E-state index contributed by atoms with van der Waals surface area (Å²) in [5.74, 6) is 0.189. The van der Waals surface area contributed by atoms with Gasteiger partial charge >= 0.3 is 6.03 Å². The average molecular weight is 271 g/mol. The Hall–Kier alpha value is -1.14. The van der Waals surface area contributed by atoms with E-state index in [4.69, 9.17) is 0 Å². The van der Waals surface area contributed by atoms with Crippen LogP contribution in [0.3, 0.4) is 0 Å². The van der Waals surface area contributed by atoms with Crippen molar-refractivity contribution in [3.05, 3.63) is 16.1 Å². The molecule has 5 nitrogen and oxygen atoms in total. The quantitative estimate of drug-likeness (QED) is 0.736. The van der Waals surface area contributed by atoms with Crippen LogP contribution in [-0.2, 0) is 6.54 Å². The lowest BCUT2D eigenvalue weighted by molar-refractivity contribution is 0.114. The number of aromatic nitrogens is 1. The Morgan fingerprint density at radius 3 is 2.83 bits per heavy atom. The standard InChI is InChI=1S/C12H21N3O2S/c1-4-8(2)10(16)5-13-12(17)14-6-11-9(3)15-7-18-11/h7-8,10,16H,4-6H2,1-3H3,(H2,13,14,17). The number of thiazole rings is 1. The van der Waals surface area contributed by atoms with Gasteiger partial charge < -0.3 is 15.7 Å². The number of hydrogen-bond acceptors (Lipinski definition) is 4. The topological polar surface area (TPSA) is 74.2 Å². The maximum Gasteiger partial charge on any atom is 0.315 e. The van der Waals surface area contributed by atoms with Crippen LogP contribution in [0.2, 0.25) is 0 Å². The summed E-state index contributed by atoms with van der Waals surface area (Å²) in [6.07, 6.45) is 0.399. The van der Waals surface area contributed by atoms with Crippen molar-refractivity contribution in [3.8, 4) is 0 Å². The second kappa shape index (κ2) is 7.33. The summed E-state index contributed by atoms with van der Waals surface area (Å²) < 4.78 is 0. The molecule has 0 aliphatic heterocycles. The molecule has 18 heavy (non-hydrogen) atoms. The number of amides is 2. The highest BCUT2D eigenvalue weighted by molar-refractivity contribution is 7.09. The third kappa shape index (κ3) is 4.62. The monoisotopic (exact) mass is 271 g/mol. The van der Waals surface area contributed by atoms with Crippen LogP contribution in [0.5, 0.6) is 0 Å². The lowest BCUT2D eigenvalue weighted by Crippen LogP contribution is -2.41. The van der Waals surface area contributed by atoms with Crippen LogP contribution >= 0.6 is 11.3 Å². The van der Waals surface area contributed by atoms with Gasteiger partial charge in [0.25, 0.3) is 0 Å². The van der Waals surface area contributed by atoms with E-state index in [1.807, 2.05) is 20.8 Å². The zero-order valence-corrected chi connectivity index (χ0v) is 11.9. The first-order valence-corrected chi connectivity index (χ1v) is 7.01. The van der Waals surface area contributed by atoms with Crippen LogP contribution in [0.1, 0.15) is 30.8 Å². The van der Waals surface area contributed by atoms with Gasteiger partial charge in [0.2, 0.25) is 0 Å². The van der Waals surface area contributed by atoms with Crippen molar-refractivity contribution in [2.24, 2.45) is 5.92 Å². The summed E-state index contributed by atoms with van der Waals surface area (Å²) >= 11 is 1.52. The molecule has 0 saturated carbocycles. The largest absolute Gasteiger partial charge is 0.391 e. The van der Waals surface area contributed by atoms with Crippen molar-refractivity contribution in [1.82, 2.24) is 15.6 Å². The molecule has 1 heterocycles. The predicted molar refractivity (Wildman–Crippen MR) is 72.6 cm³/mol. The van der Waals surface area contributed by atoms with Crippen molar-refractivity contribution >= 4 is 17.4 Å². The Morgan fingerprint density at radius 1 is 1.56 bits per heavy atom. The number of nitrogens with zero attached hydrogens (tertiary/aromatic N) is 1. The minimum atomic E-state index is -0.495. The maximum absolute atomic E-state index is 11.5. The maximum atomic E-state index is 11.5. The van der Waals surface area contributed by atoms with Crippen molar-refractivity contribution in [3.63, 3.8) is 0 Å². The van der Waals surface area contributed by atoms with E-state index in [1.165, 1.54) is 11.3 Å². The van der Waals surface area contributed by atoms with Gasteiger partial charge in [-0.3, -0.25) is 0 Å². The molecule has 0 radical (unpaired) electrons. The highest BCUT2D eigenvalue weighted by Gasteiger charge is 2.13. The van der Waals surface area contributed by atoms with Gasteiger partial charge in [-0.05, 0) is 12.8 Å². The highest BCUT2D eigenvalue weighted by atomic mass is 32.1. The van der Waals surface area contributed by atoms with Gasteiger partial charge in [0.05, 0.1) is 23.9 Å². The number of aryl methyl sites for hydroxylation is 1. The van der Waals surface area contributed by atoms with Crippen LogP contribution in [0.4, 0.5) is 4.79 Å². The number of rotatable bonds is 6. The molecule has 0 bridgehead atoms. The fourth-order valence-electron chi connectivity index (χ4n) is 1.39. The van der Waals surface area contributed by atoms with Crippen LogP contribution in [0.25, 0.3) is 0 Å². The molecule has 0 spiro atoms. The molecule has 1 aromatic rings. The number of hydrogen-bond donors (Lipinski definition) is 3. The fraction of sp³-hybridized carbons (Fsp3) is 0.667. The molecule has 2 unspecified atom stereocenters. The van der Waals surface area contributed by atoms with Crippen molar-refractivity contribution in [2.45, 2.75) is 39.8 Å². The second-order valence-electron chi connectivity index (χ2n) is 4.38. The van der Waals surface area contributed by atoms with E-state index in [1.54, 1.807) is 5.51 Å². The molecule has 1 aromatic heterocycles. The summed E-state index contributed by atoms with van der Waals surface area (Å²) in [4.78, 5) is 16.7. The summed E-state index contributed by atoms with van der Waals surface area (Å²) in [5, 5.41) is 15.1. The van der Waals surface area contributed by atoms with Gasteiger partial charge in [0.1, 0.15) is 0 Å². The molecule has 0 fully saturated rings. The third-order valence-electron chi connectivity index (χ3n) is 3.03. The molecule has 2 amide bonds. The Balaban J connectivity index is 2.24. The molecular weight excluding hydrogens is 250 g/mol. The number of aliphatic hydroxyl groups excluding tert-OH is 1. The molecular formula is C12H21N3O2S. The fourth-order valence-corrected chi connectivity index (χ4v) is 2.11. The van der Waals surface area contributed by atoms with Gasteiger partial charge in [0.15, 0.2) is 0 Å². The third-order valence-corrected chi connectivity index (χ3v) is 3.96. The first-order valence-electron chi connectivity index (χ1n) is 6.13. The van der Waals surface area contributed by atoms with E-state index in [-0.39, 0.29) is 18.5 Å². The molecule has 0 saturated heterocycles. The van der Waals surface area contributed by atoms with Crippen LogP contribution in [-0.4, -0.2) is 28.8 Å². The summed E-state index contributed by atoms with van der Waals surface area (Å²) in [6, 6.07) is -0.259. The average Bonchev–Trinajstić information content (AvgIpc) is 2.77. The second-order valence-corrected chi connectivity index (χ2v) is 5.32. The molecule has 0 aromatic carbocycles. The van der Waals surface area contributed by atoms with Crippen molar-refractivity contribution in [1.29, 1.82) is 0 Å². The SMILES string of the molecule is CCC(C)C(O)CNC(=O)NCc1scnc1C. The van der Waals surface area contributed by atoms with Gasteiger partial charge in [0, 0.05) is 11.4 Å². The normalized spacial score (nSPS) is 14.0. The number of carbonyl (C=O) groups excluding carboxylic acids is 1.